The van der Waals surface area contributed by atoms with Gasteiger partial charge in [-0.15, -0.1) is 0 Å². The molecule has 3 N–H and O–H groups in total. The standard InChI is InChI=1S/C34H37ClN4O6S/c1-22-19-39(23(2)21-40)33(41)18-25-17-27(36-34(42)37-30-10-6-8-24-7-4-5-9-29(24)30)13-16-31(25)45-32(22)20-38(3)46(43,44)28-14-11-26(35)12-15-28/h4-17,22-23,32,40H,18-21H2,1-3H3,(H2,36,37,42)/t22-,23-,32+/m1/s1. The van der Waals surface area contributed by atoms with Gasteiger partial charge in [-0.2, -0.15) is 4.31 Å². The predicted octanol–water partition coefficient (Wildman–Crippen LogP) is 5.61. The van der Waals surface area contributed by atoms with E-state index in [9.17, 15) is 23.1 Å². The van der Waals surface area contributed by atoms with Crippen LogP contribution in [0.1, 0.15) is 19.4 Å². The minimum atomic E-state index is -3.87. The van der Waals surface area contributed by atoms with E-state index in [1.165, 1.54) is 35.6 Å². The average molecular weight is 665 g/mol. The van der Waals surface area contributed by atoms with Crippen LogP contribution in [0.15, 0.2) is 89.8 Å². The van der Waals surface area contributed by atoms with Gasteiger partial charge in [-0.3, -0.25) is 4.79 Å². The number of nitrogens with one attached hydrogen (secondary N) is 2. The first kappa shape index (κ1) is 33.2. The fourth-order valence-corrected chi connectivity index (χ4v) is 6.79. The Balaban J connectivity index is 1.41. The third-order valence-corrected chi connectivity index (χ3v) is 10.3. The predicted molar refractivity (Wildman–Crippen MR) is 180 cm³/mol. The second kappa shape index (κ2) is 14.1. The molecule has 46 heavy (non-hydrogen) atoms. The second-order valence-corrected chi connectivity index (χ2v) is 14.0. The minimum Gasteiger partial charge on any atom is -0.488 e. The number of benzene rings is 4. The van der Waals surface area contributed by atoms with E-state index in [2.05, 4.69) is 10.6 Å². The molecule has 1 heterocycles. The molecule has 0 fully saturated rings. The monoisotopic (exact) mass is 664 g/mol. The summed E-state index contributed by atoms with van der Waals surface area (Å²) in [5.74, 6) is -0.129. The number of fused-ring (bicyclic) bond motifs is 2. The van der Waals surface area contributed by atoms with E-state index in [4.69, 9.17) is 16.3 Å². The van der Waals surface area contributed by atoms with Gasteiger partial charge in [-0.1, -0.05) is 54.9 Å². The highest BCUT2D eigenvalue weighted by Crippen LogP contribution is 2.30. The quantitative estimate of drug-likeness (QED) is 0.225. The number of sulfonamides is 1. The van der Waals surface area contributed by atoms with Crippen molar-refractivity contribution in [3.8, 4) is 5.75 Å². The van der Waals surface area contributed by atoms with Crippen molar-refractivity contribution in [1.29, 1.82) is 0 Å². The van der Waals surface area contributed by atoms with Gasteiger partial charge in [0.15, 0.2) is 0 Å². The van der Waals surface area contributed by atoms with E-state index in [0.717, 1.165) is 10.8 Å². The van der Waals surface area contributed by atoms with Gasteiger partial charge < -0.3 is 25.4 Å². The summed E-state index contributed by atoms with van der Waals surface area (Å²) < 4.78 is 34.5. The number of carbonyl (C=O) groups is 2. The molecule has 4 aromatic rings. The smallest absolute Gasteiger partial charge is 0.323 e. The van der Waals surface area contributed by atoms with Crippen LogP contribution in [0.3, 0.4) is 0 Å². The van der Waals surface area contributed by atoms with Gasteiger partial charge >= 0.3 is 6.03 Å². The maximum atomic E-state index is 13.6. The van der Waals surface area contributed by atoms with Gasteiger partial charge in [0.05, 0.1) is 36.2 Å². The number of rotatable bonds is 8. The van der Waals surface area contributed by atoms with Crippen molar-refractivity contribution in [3.63, 3.8) is 0 Å². The lowest BCUT2D eigenvalue weighted by Gasteiger charge is -2.33. The van der Waals surface area contributed by atoms with Gasteiger partial charge in [0.2, 0.25) is 15.9 Å². The first-order valence-corrected chi connectivity index (χ1v) is 16.8. The number of hydrogen-bond acceptors (Lipinski definition) is 6. The van der Waals surface area contributed by atoms with E-state index < -0.39 is 28.2 Å². The van der Waals surface area contributed by atoms with Crippen molar-refractivity contribution in [3.05, 3.63) is 95.5 Å². The molecule has 1 aliphatic heterocycles. The molecule has 12 heteroatoms. The lowest BCUT2D eigenvalue weighted by Crippen LogP contribution is -2.48. The molecule has 0 radical (unpaired) electrons. The number of nitrogens with zero attached hydrogens (tertiary/aromatic N) is 2. The molecule has 3 amide bonds. The summed E-state index contributed by atoms with van der Waals surface area (Å²) in [6, 6.07) is 23.4. The topological polar surface area (TPSA) is 128 Å². The zero-order valence-corrected chi connectivity index (χ0v) is 27.4. The Morgan fingerprint density at radius 1 is 1.07 bits per heavy atom. The first-order valence-electron chi connectivity index (χ1n) is 14.9. The number of urea groups is 1. The number of carbonyl (C=O) groups excluding carboxylic acids is 2. The number of ether oxygens (including phenoxy) is 1. The number of anilines is 2. The van der Waals surface area contributed by atoms with Crippen molar-refractivity contribution in [2.24, 2.45) is 5.92 Å². The van der Waals surface area contributed by atoms with Gasteiger partial charge in [0.25, 0.3) is 0 Å². The van der Waals surface area contributed by atoms with Crippen molar-refractivity contribution >= 4 is 55.7 Å². The Kier molecular flexibility index (Phi) is 10.2. The fraction of sp³-hybridized carbons (Fsp3) is 0.294. The molecule has 0 saturated carbocycles. The van der Waals surface area contributed by atoms with Crippen LogP contribution in [0.25, 0.3) is 10.8 Å². The highest BCUT2D eigenvalue weighted by Gasteiger charge is 2.33. The molecule has 0 aromatic heterocycles. The fourth-order valence-electron chi connectivity index (χ4n) is 5.48. The van der Waals surface area contributed by atoms with Crippen LogP contribution in [-0.4, -0.2) is 73.6 Å². The molecule has 0 spiro atoms. The van der Waals surface area contributed by atoms with Gasteiger partial charge in [0.1, 0.15) is 11.9 Å². The molecule has 0 aliphatic carbocycles. The Bertz CT molecular complexity index is 1830. The summed E-state index contributed by atoms with van der Waals surface area (Å²) in [6.07, 6.45) is -0.697. The van der Waals surface area contributed by atoms with E-state index >= 15 is 0 Å². The molecule has 4 aromatic carbocycles. The van der Waals surface area contributed by atoms with Crippen molar-refractivity contribution < 1.29 is 27.9 Å². The molecule has 3 atom stereocenters. The van der Waals surface area contributed by atoms with Crippen LogP contribution in [0.2, 0.25) is 5.02 Å². The van der Waals surface area contributed by atoms with Crippen LogP contribution < -0.4 is 15.4 Å². The van der Waals surface area contributed by atoms with Crippen molar-refractivity contribution in [2.75, 3.05) is 37.4 Å². The molecule has 0 bridgehead atoms. The molecule has 0 saturated heterocycles. The normalized spacial score (nSPS) is 17.8. The Hall–Kier alpha value is -4.16. The summed E-state index contributed by atoms with van der Waals surface area (Å²) in [4.78, 5) is 28.3. The van der Waals surface area contributed by atoms with Gasteiger partial charge in [0, 0.05) is 41.2 Å². The molecule has 1 aliphatic rings. The summed E-state index contributed by atoms with van der Waals surface area (Å²) in [6.45, 7) is 3.64. The SMILES string of the molecule is C[C@@H]1CN([C@H](C)CO)C(=O)Cc2cc(NC(=O)Nc3cccc4ccccc34)ccc2O[C@H]1CN(C)S(=O)(=O)c1ccc(Cl)cc1. The highest BCUT2D eigenvalue weighted by atomic mass is 35.5. The van der Waals surface area contributed by atoms with Crippen LogP contribution in [0.4, 0.5) is 16.2 Å². The summed E-state index contributed by atoms with van der Waals surface area (Å²) in [5.41, 5.74) is 1.62. The van der Waals surface area contributed by atoms with E-state index in [1.54, 1.807) is 30.0 Å². The number of aliphatic hydroxyl groups excluding tert-OH is 1. The van der Waals surface area contributed by atoms with Gasteiger partial charge in [-0.25, -0.2) is 13.2 Å². The van der Waals surface area contributed by atoms with Crippen molar-refractivity contribution in [2.45, 2.75) is 37.3 Å². The second-order valence-electron chi connectivity index (χ2n) is 11.6. The maximum Gasteiger partial charge on any atom is 0.323 e. The Morgan fingerprint density at radius 3 is 2.52 bits per heavy atom. The molecule has 10 nitrogen and oxygen atoms in total. The highest BCUT2D eigenvalue weighted by molar-refractivity contribution is 7.89. The molecule has 242 valence electrons. The minimum absolute atomic E-state index is 0.00541. The van der Waals surface area contributed by atoms with E-state index in [0.29, 0.717) is 27.7 Å². The number of hydrogen-bond donors (Lipinski definition) is 3. The van der Waals surface area contributed by atoms with Crippen LogP contribution >= 0.6 is 11.6 Å². The molecule has 5 rings (SSSR count). The van der Waals surface area contributed by atoms with E-state index in [1.807, 2.05) is 49.4 Å². The molecule has 0 unspecified atom stereocenters. The molecular formula is C34H37ClN4O6S. The lowest BCUT2D eigenvalue weighted by atomic mass is 10.0. The number of amides is 3. The Morgan fingerprint density at radius 2 is 1.78 bits per heavy atom. The van der Waals surface area contributed by atoms with E-state index in [-0.39, 0.29) is 42.8 Å². The Labute approximate surface area is 274 Å². The first-order chi connectivity index (χ1) is 22.0. The number of halogens is 1. The third-order valence-electron chi connectivity index (χ3n) is 8.17. The molecular weight excluding hydrogens is 628 g/mol. The average Bonchev–Trinajstić information content (AvgIpc) is 3.08. The number of likely N-dealkylation sites (N-methyl/N-ethyl adjacent to an activating group) is 1. The van der Waals surface area contributed by atoms with Gasteiger partial charge in [-0.05, 0) is 60.8 Å². The van der Waals surface area contributed by atoms with Crippen molar-refractivity contribution in [1.82, 2.24) is 9.21 Å². The largest absolute Gasteiger partial charge is 0.488 e. The maximum absolute atomic E-state index is 13.6. The van der Waals surface area contributed by atoms with Crippen LogP contribution in [0.5, 0.6) is 5.75 Å². The third kappa shape index (κ3) is 7.45. The zero-order valence-electron chi connectivity index (χ0n) is 25.8. The summed E-state index contributed by atoms with van der Waals surface area (Å²) >= 11 is 5.97. The zero-order chi connectivity index (χ0) is 33.0. The van der Waals surface area contributed by atoms with Crippen LogP contribution in [-0.2, 0) is 21.2 Å². The van der Waals surface area contributed by atoms with Crippen LogP contribution in [0, 0.1) is 5.92 Å². The summed E-state index contributed by atoms with van der Waals surface area (Å²) in [7, 11) is -2.39. The number of aliphatic hydroxyl groups is 1. The lowest BCUT2D eigenvalue weighted by molar-refractivity contribution is -0.134. The summed E-state index contributed by atoms with van der Waals surface area (Å²) in [5, 5.41) is 18.0.